The first-order chi connectivity index (χ1) is 4.61. The maximum Gasteiger partial charge on any atom is 0.258 e. The van der Waals surface area contributed by atoms with E-state index in [1.54, 1.807) is 0 Å². The van der Waals surface area contributed by atoms with E-state index in [0.717, 1.165) is 0 Å². The smallest absolute Gasteiger partial charge is 0.258 e. The first kappa shape index (κ1) is 6.66. The van der Waals surface area contributed by atoms with Crippen LogP contribution in [0.4, 0.5) is 20.4 Å². The van der Waals surface area contributed by atoms with E-state index < -0.39 is 23.5 Å². The summed E-state index contributed by atoms with van der Waals surface area (Å²) in [6.07, 6.45) is 0. The Morgan fingerprint density at radius 1 is 0.900 bits per heavy atom. The van der Waals surface area contributed by atoms with Crippen molar-refractivity contribution < 1.29 is 8.78 Å². The van der Waals surface area contributed by atoms with Gasteiger partial charge in [-0.1, -0.05) is 0 Å². The summed E-state index contributed by atoms with van der Waals surface area (Å²) in [5, 5.41) is 0. The molecule has 0 fully saturated rings. The number of halogens is 2. The fourth-order valence-electron chi connectivity index (χ4n) is 0.423. The number of nitrogens with two attached hydrogens (primary N) is 2. The van der Waals surface area contributed by atoms with Crippen LogP contribution in [0.1, 0.15) is 0 Å². The van der Waals surface area contributed by atoms with Crippen molar-refractivity contribution in [1.82, 2.24) is 9.97 Å². The van der Waals surface area contributed by atoms with Crippen molar-refractivity contribution in [2.24, 2.45) is 0 Å². The molecule has 0 bridgehead atoms. The number of rotatable bonds is 0. The second-order valence-corrected chi connectivity index (χ2v) is 1.58. The SMILES string of the molecule is Nc1nc(N)c(F)nc1F. The van der Waals surface area contributed by atoms with E-state index in [-0.39, 0.29) is 0 Å². The standard InChI is InChI=1S/C4H4F2N4/c5-1-3(7)10-4(8)2(6)9-1/h(H4,7,8,10). The number of nitrogens with zero attached hydrogens (tertiary/aromatic N) is 2. The van der Waals surface area contributed by atoms with Crippen LogP contribution in [0.3, 0.4) is 0 Å². The molecular weight excluding hydrogens is 142 g/mol. The van der Waals surface area contributed by atoms with Crippen LogP contribution in [0.25, 0.3) is 0 Å². The van der Waals surface area contributed by atoms with E-state index in [2.05, 4.69) is 9.97 Å². The zero-order valence-corrected chi connectivity index (χ0v) is 4.81. The quantitative estimate of drug-likeness (QED) is 0.536. The van der Waals surface area contributed by atoms with Crippen molar-refractivity contribution in [1.29, 1.82) is 0 Å². The van der Waals surface area contributed by atoms with Crippen LogP contribution in [0.2, 0.25) is 0 Å². The minimum Gasteiger partial charge on any atom is -0.380 e. The summed E-state index contributed by atoms with van der Waals surface area (Å²) >= 11 is 0. The van der Waals surface area contributed by atoms with E-state index >= 15 is 0 Å². The Bertz CT molecular complexity index is 211. The van der Waals surface area contributed by atoms with Crippen molar-refractivity contribution in [3.63, 3.8) is 0 Å². The molecule has 6 heteroatoms. The molecule has 10 heavy (non-hydrogen) atoms. The molecule has 0 saturated carbocycles. The van der Waals surface area contributed by atoms with Gasteiger partial charge in [0.25, 0.3) is 11.9 Å². The van der Waals surface area contributed by atoms with Crippen molar-refractivity contribution in [3.05, 3.63) is 11.9 Å². The first-order valence-corrected chi connectivity index (χ1v) is 2.35. The number of hydrogen-bond acceptors (Lipinski definition) is 4. The Balaban J connectivity index is 3.28. The molecule has 4 N–H and O–H groups in total. The second kappa shape index (κ2) is 2.05. The molecule has 1 aromatic heterocycles. The minimum atomic E-state index is -1.15. The predicted molar refractivity (Wildman–Crippen MR) is 30.8 cm³/mol. The summed E-state index contributed by atoms with van der Waals surface area (Å²) in [5.74, 6) is -3.30. The van der Waals surface area contributed by atoms with Crippen molar-refractivity contribution in [2.45, 2.75) is 0 Å². The second-order valence-electron chi connectivity index (χ2n) is 1.58. The highest BCUT2D eigenvalue weighted by atomic mass is 19.1. The molecule has 0 radical (unpaired) electrons. The van der Waals surface area contributed by atoms with Crippen LogP contribution in [0, 0.1) is 11.9 Å². The van der Waals surface area contributed by atoms with Gasteiger partial charge in [-0.3, -0.25) is 0 Å². The summed E-state index contributed by atoms with van der Waals surface area (Å²) in [7, 11) is 0. The maximum atomic E-state index is 12.2. The van der Waals surface area contributed by atoms with Gasteiger partial charge in [-0.2, -0.15) is 13.8 Å². The Morgan fingerprint density at radius 3 is 1.60 bits per heavy atom. The van der Waals surface area contributed by atoms with Gasteiger partial charge in [0.2, 0.25) is 0 Å². The summed E-state index contributed by atoms with van der Waals surface area (Å²) in [4.78, 5) is 5.84. The predicted octanol–water partition coefficient (Wildman–Crippen LogP) is -0.0808. The van der Waals surface area contributed by atoms with E-state index in [4.69, 9.17) is 11.5 Å². The van der Waals surface area contributed by atoms with Gasteiger partial charge in [-0.25, -0.2) is 4.98 Å². The highest BCUT2D eigenvalue weighted by Gasteiger charge is 2.06. The number of nitrogen functional groups attached to an aromatic ring is 2. The molecule has 1 heterocycles. The largest absolute Gasteiger partial charge is 0.380 e. The highest BCUT2D eigenvalue weighted by Crippen LogP contribution is 2.08. The summed E-state index contributed by atoms with van der Waals surface area (Å²) in [6.45, 7) is 0. The van der Waals surface area contributed by atoms with E-state index in [1.807, 2.05) is 0 Å². The topological polar surface area (TPSA) is 77.8 Å². The lowest BCUT2D eigenvalue weighted by atomic mass is 10.6. The van der Waals surface area contributed by atoms with Crippen LogP contribution in [0.15, 0.2) is 0 Å². The van der Waals surface area contributed by atoms with E-state index in [9.17, 15) is 8.78 Å². The van der Waals surface area contributed by atoms with Gasteiger partial charge in [0.05, 0.1) is 0 Å². The fraction of sp³-hybridized carbons (Fsp3) is 0. The Hall–Kier alpha value is -1.46. The maximum absolute atomic E-state index is 12.2. The molecule has 4 nitrogen and oxygen atoms in total. The van der Waals surface area contributed by atoms with Gasteiger partial charge in [-0.15, -0.1) is 0 Å². The van der Waals surface area contributed by atoms with Gasteiger partial charge in [0, 0.05) is 0 Å². The first-order valence-electron chi connectivity index (χ1n) is 2.35. The molecule has 0 aliphatic heterocycles. The van der Waals surface area contributed by atoms with E-state index in [0.29, 0.717) is 0 Å². The molecule has 0 atom stereocenters. The van der Waals surface area contributed by atoms with Crippen LogP contribution < -0.4 is 11.5 Å². The molecule has 0 aliphatic rings. The molecule has 0 aromatic carbocycles. The van der Waals surface area contributed by atoms with Crippen LogP contribution in [0.5, 0.6) is 0 Å². The van der Waals surface area contributed by atoms with Crippen LogP contribution in [-0.2, 0) is 0 Å². The fourth-order valence-corrected chi connectivity index (χ4v) is 0.423. The molecular formula is C4H4F2N4. The van der Waals surface area contributed by atoms with Crippen molar-refractivity contribution >= 4 is 11.6 Å². The lowest BCUT2D eigenvalue weighted by Gasteiger charge is -1.96. The molecule has 0 aliphatic carbocycles. The third-order valence-electron chi connectivity index (χ3n) is 0.860. The van der Waals surface area contributed by atoms with Crippen molar-refractivity contribution in [2.75, 3.05) is 11.5 Å². The molecule has 0 unspecified atom stereocenters. The Labute approximate surface area is 54.9 Å². The Morgan fingerprint density at radius 2 is 1.30 bits per heavy atom. The summed E-state index contributed by atoms with van der Waals surface area (Å²) < 4.78 is 24.3. The average molecular weight is 146 g/mol. The normalized spacial score (nSPS) is 9.80. The molecule has 1 rings (SSSR count). The van der Waals surface area contributed by atoms with Crippen LogP contribution >= 0.6 is 0 Å². The molecule has 1 aromatic rings. The number of aromatic nitrogens is 2. The number of anilines is 2. The zero-order chi connectivity index (χ0) is 7.72. The summed E-state index contributed by atoms with van der Waals surface area (Å²) in [5.41, 5.74) is 9.79. The lowest BCUT2D eigenvalue weighted by molar-refractivity contribution is 0.511. The van der Waals surface area contributed by atoms with Gasteiger partial charge < -0.3 is 11.5 Å². The lowest BCUT2D eigenvalue weighted by Crippen LogP contribution is -2.05. The third kappa shape index (κ3) is 0.949. The minimum absolute atomic E-state index is 0.501. The summed E-state index contributed by atoms with van der Waals surface area (Å²) in [6, 6.07) is 0. The number of hydrogen-bond donors (Lipinski definition) is 2. The molecule has 54 valence electrons. The monoisotopic (exact) mass is 146 g/mol. The molecule has 0 amide bonds. The van der Waals surface area contributed by atoms with Gasteiger partial charge in [-0.05, 0) is 0 Å². The van der Waals surface area contributed by atoms with E-state index in [1.165, 1.54) is 0 Å². The molecule has 0 spiro atoms. The van der Waals surface area contributed by atoms with Gasteiger partial charge in [0.15, 0.2) is 11.6 Å². The highest BCUT2D eigenvalue weighted by molar-refractivity contribution is 5.36. The molecule has 0 saturated heterocycles. The Kier molecular flexibility index (Phi) is 1.37. The third-order valence-corrected chi connectivity index (χ3v) is 0.860. The van der Waals surface area contributed by atoms with Crippen molar-refractivity contribution in [3.8, 4) is 0 Å². The van der Waals surface area contributed by atoms with Gasteiger partial charge >= 0.3 is 0 Å². The van der Waals surface area contributed by atoms with Crippen LogP contribution in [-0.4, -0.2) is 9.97 Å². The average Bonchev–Trinajstić information content (AvgIpc) is 1.84. The van der Waals surface area contributed by atoms with Gasteiger partial charge in [0.1, 0.15) is 0 Å². The zero-order valence-electron chi connectivity index (χ0n) is 4.81.